The molecule has 7 heteroatoms. The van der Waals surface area contributed by atoms with E-state index < -0.39 is 0 Å². The summed E-state index contributed by atoms with van der Waals surface area (Å²) in [5, 5.41) is 7.98. The average Bonchev–Trinajstić information content (AvgIpc) is 3.22. The summed E-state index contributed by atoms with van der Waals surface area (Å²) in [6.45, 7) is 4.73. The van der Waals surface area contributed by atoms with Crippen LogP contribution in [0.2, 0.25) is 0 Å². The number of carbonyl (C=O) groups is 1. The van der Waals surface area contributed by atoms with Gasteiger partial charge in [0, 0.05) is 26.1 Å². The van der Waals surface area contributed by atoms with Crippen LogP contribution in [0.15, 0.2) is 24.4 Å². The number of hydrogen-bond donors (Lipinski definition) is 1. The molecule has 1 fully saturated rings. The fourth-order valence-corrected chi connectivity index (χ4v) is 3.05. The Bertz CT molecular complexity index is 743. The standard InChI is InChI=1S/C19H27N5O.ClH/c1-2-3-4-5-8-16-15-21-18-11-10-17(22-24(16)18)20-12-7-14-23-13-6-9-19(23)25;/h5,8,10-11,15H,2-4,6-7,9,12-14H2,1H3,(H,20,22);1H. The van der Waals surface area contributed by atoms with Crippen LogP contribution in [0, 0.1) is 0 Å². The summed E-state index contributed by atoms with van der Waals surface area (Å²) < 4.78 is 1.87. The number of unbranched alkanes of at least 4 members (excludes halogenated alkanes) is 2. The molecule has 1 N–H and O–H groups in total. The molecule has 26 heavy (non-hydrogen) atoms. The molecule has 1 saturated heterocycles. The third-order valence-electron chi connectivity index (χ3n) is 4.48. The summed E-state index contributed by atoms with van der Waals surface area (Å²) in [6.07, 6.45) is 12.2. The number of fused-ring (bicyclic) bond motifs is 1. The minimum Gasteiger partial charge on any atom is -0.369 e. The smallest absolute Gasteiger partial charge is 0.222 e. The van der Waals surface area contributed by atoms with Gasteiger partial charge >= 0.3 is 0 Å². The Morgan fingerprint density at radius 2 is 2.19 bits per heavy atom. The first-order chi connectivity index (χ1) is 12.3. The number of carbonyl (C=O) groups excluding carboxylic acids is 1. The molecule has 142 valence electrons. The van der Waals surface area contributed by atoms with Crippen molar-refractivity contribution in [2.24, 2.45) is 0 Å². The molecule has 6 nitrogen and oxygen atoms in total. The second kappa shape index (κ2) is 10.2. The number of anilines is 1. The lowest BCUT2D eigenvalue weighted by molar-refractivity contribution is -0.127. The van der Waals surface area contributed by atoms with Crippen LogP contribution in [-0.2, 0) is 4.79 Å². The number of amides is 1. The summed E-state index contributed by atoms with van der Waals surface area (Å²) in [5.74, 6) is 1.12. The van der Waals surface area contributed by atoms with E-state index in [0.717, 1.165) is 56.1 Å². The van der Waals surface area contributed by atoms with Gasteiger partial charge in [-0.15, -0.1) is 17.5 Å². The average molecular weight is 378 g/mol. The van der Waals surface area contributed by atoms with Crippen molar-refractivity contribution in [3.63, 3.8) is 0 Å². The van der Waals surface area contributed by atoms with Gasteiger partial charge in [0.05, 0.1) is 11.9 Å². The van der Waals surface area contributed by atoms with Crippen molar-refractivity contribution < 1.29 is 4.79 Å². The zero-order chi connectivity index (χ0) is 17.5. The van der Waals surface area contributed by atoms with Crippen LogP contribution in [0.4, 0.5) is 5.82 Å². The van der Waals surface area contributed by atoms with Crippen LogP contribution in [0.3, 0.4) is 0 Å². The van der Waals surface area contributed by atoms with E-state index in [1.165, 1.54) is 12.8 Å². The van der Waals surface area contributed by atoms with E-state index in [0.29, 0.717) is 6.42 Å². The molecule has 0 aromatic carbocycles. The van der Waals surface area contributed by atoms with Crippen LogP contribution in [0.25, 0.3) is 11.7 Å². The molecule has 0 bridgehead atoms. The van der Waals surface area contributed by atoms with E-state index in [1.54, 1.807) is 0 Å². The van der Waals surface area contributed by atoms with Crippen LogP contribution < -0.4 is 5.32 Å². The highest BCUT2D eigenvalue weighted by molar-refractivity contribution is 5.85. The number of nitrogens with one attached hydrogen (secondary N) is 1. The molecule has 0 unspecified atom stereocenters. The predicted molar refractivity (Wildman–Crippen MR) is 108 cm³/mol. The first-order valence-corrected chi connectivity index (χ1v) is 9.31. The molecule has 0 atom stereocenters. The first kappa shape index (κ1) is 20.2. The summed E-state index contributed by atoms with van der Waals surface area (Å²) in [6, 6.07) is 3.93. The maximum atomic E-state index is 11.6. The Balaban J connectivity index is 0.00000243. The van der Waals surface area contributed by atoms with E-state index in [1.807, 2.05) is 27.7 Å². The van der Waals surface area contributed by atoms with Gasteiger partial charge in [-0.1, -0.05) is 25.8 Å². The molecular weight excluding hydrogens is 350 g/mol. The molecule has 3 heterocycles. The molecule has 2 aromatic rings. The van der Waals surface area contributed by atoms with Gasteiger partial charge in [0.15, 0.2) is 5.65 Å². The molecule has 1 aliphatic heterocycles. The van der Waals surface area contributed by atoms with E-state index in [-0.39, 0.29) is 18.3 Å². The number of imidazole rings is 1. The van der Waals surface area contributed by atoms with E-state index >= 15 is 0 Å². The lowest BCUT2D eigenvalue weighted by atomic mass is 10.2. The van der Waals surface area contributed by atoms with Gasteiger partial charge in [0.1, 0.15) is 5.82 Å². The van der Waals surface area contributed by atoms with Crippen molar-refractivity contribution in [2.45, 2.75) is 45.4 Å². The topological polar surface area (TPSA) is 62.5 Å². The molecule has 3 rings (SSSR count). The molecule has 2 aromatic heterocycles. The molecule has 1 aliphatic rings. The SMILES string of the molecule is CCCCC=Cc1cnc2ccc(NCCCN3CCCC3=O)nn12.Cl. The molecular formula is C19H28ClN5O. The van der Waals surface area contributed by atoms with Crippen molar-refractivity contribution >= 4 is 35.9 Å². The Morgan fingerprint density at radius 1 is 1.31 bits per heavy atom. The van der Waals surface area contributed by atoms with Crippen molar-refractivity contribution in [3.05, 3.63) is 30.1 Å². The van der Waals surface area contributed by atoms with Gasteiger partial charge in [-0.05, 0) is 37.5 Å². The number of nitrogens with zero attached hydrogens (tertiary/aromatic N) is 4. The number of likely N-dealkylation sites (tertiary alicyclic amines) is 1. The van der Waals surface area contributed by atoms with Gasteiger partial charge in [0.25, 0.3) is 0 Å². The van der Waals surface area contributed by atoms with Crippen molar-refractivity contribution in [3.8, 4) is 0 Å². The van der Waals surface area contributed by atoms with Gasteiger partial charge < -0.3 is 10.2 Å². The third-order valence-corrected chi connectivity index (χ3v) is 4.48. The van der Waals surface area contributed by atoms with Crippen LogP contribution in [0.1, 0.15) is 51.1 Å². The van der Waals surface area contributed by atoms with E-state index in [2.05, 4.69) is 34.5 Å². The number of allylic oxidation sites excluding steroid dienone is 1. The summed E-state index contributed by atoms with van der Waals surface area (Å²) in [7, 11) is 0. The molecule has 1 amide bonds. The second-order valence-electron chi connectivity index (χ2n) is 6.48. The highest BCUT2D eigenvalue weighted by Crippen LogP contribution is 2.12. The highest BCUT2D eigenvalue weighted by Gasteiger charge is 2.18. The minimum atomic E-state index is 0. The number of halogens is 1. The molecule has 0 aliphatic carbocycles. The second-order valence-corrected chi connectivity index (χ2v) is 6.48. The van der Waals surface area contributed by atoms with Crippen LogP contribution >= 0.6 is 12.4 Å². The lowest BCUT2D eigenvalue weighted by Gasteiger charge is -2.15. The summed E-state index contributed by atoms with van der Waals surface area (Å²) in [5.41, 5.74) is 1.85. The fourth-order valence-electron chi connectivity index (χ4n) is 3.05. The van der Waals surface area contributed by atoms with Crippen molar-refractivity contribution in [1.82, 2.24) is 19.5 Å². The minimum absolute atomic E-state index is 0. The van der Waals surface area contributed by atoms with Gasteiger partial charge in [-0.2, -0.15) is 0 Å². The van der Waals surface area contributed by atoms with Gasteiger partial charge in [-0.3, -0.25) is 4.79 Å². The number of rotatable bonds is 9. The monoisotopic (exact) mass is 377 g/mol. The fraction of sp³-hybridized carbons (Fsp3) is 0.526. The molecule has 0 radical (unpaired) electrons. The van der Waals surface area contributed by atoms with Gasteiger partial charge in [0.2, 0.25) is 5.91 Å². The van der Waals surface area contributed by atoms with Crippen molar-refractivity contribution in [1.29, 1.82) is 0 Å². The summed E-state index contributed by atoms with van der Waals surface area (Å²) >= 11 is 0. The maximum absolute atomic E-state index is 11.6. The predicted octanol–water partition coefficient (Wildman–Crippen LogP) is 3.78. The van der Waals surface area contributed by atoms with Crippen LogP contribution in [-0.4, -0.2) is 45.0 Å². The number of aromatic nitrogens is 3. The normalized spacial score (nSPS) is 14.3. The Morgan fingerprint density at radius 3 is 2.96 bits per heavy atom. The van der Waals surface area contributed by atoms with E-state index in [4.69, 9.17) is 0 Å². The third kappa shape index (κ3) is 5.21. The quantitative estimate of drug-likeness (QED) is 0.675. The Labute approximate surface area is 161 Å². The highest BCUT2D eigenvalue weighted by atomic mass is 35.5. The van der Waals surface area contributed by atoms with Crippen LogP contribution in [0.5, 0.6) is 0 Å². The van der Waals surface area contributed by atoms with E-state index in [9.17, 15) is 4.79 Å². The Kier molecular flexibility index (Phi) is 7.91. The number of hydrogen-bond acceptors (Lipinski definition) is 4. The largest absolute Gasteiger partial charge is 0.369 e. The molecule has 0 saturated carbocycles. The molecule has 0 spiro atoms. The van der Waals surface area contributed by atoms with Crippen molar-refractivity contribution in [2.75, 3.05) is 25.0 Å². The summed E-state index contributed by atoms with van der Waals surface area (Å²) in [4.78, 5) is 17.9. The lowest BCUT2D eigenvalue weighted by Crippen LogP contribution is -2.27. The first-order valence-electron chi connectivity index (χ1n) is 9.31. The zero-order valence-electron chi connectivity index (χ0n) is 15.4. The maximum Gasteiger partial charge on any atom is 0.222 e. The zero-order valence-corrected chi connectivity index (χ0v) is 16.2. The van der Waals surface area contributed by atoms with Gasteiger partial charge in [-0.25, -0.2) is 9.50 Å². The Hall–Kier alpha value is -2.08.